The van der Waals surface area contributed by atoms with E-state index in [1.165, 1.54) is 4.90 Å². The largest absolute Gasteiger partial charge is 0.481 e. The number of nitrogens with one attached hydrogen (secondary N) is 1. The SMILES string of the molecule is CCN(C(=O)Nc1cccc(I)c1)C1COCC1C(=O)O. The summed E-state index contributed by atoms with van der Waals surface area (Å²) in [5.41, 5.74) is 0.691. The molecule has 2 N–H and O–H groups in total. The molecule has 2 rings (SSSR count). The second kappa shape index (κ2) is 7.08. The first-order chi connectivity index (χ1) is 10.0. The van der Waals surface area contributed by atoms with Gasteiger partial charge < -0.3 is 20.1 Å². The number of anilines is 1. The molecule has 6 nitrogen and oxygen atoms in total. The molecule has 2 unspecified atom stereocenters. The van der Waals surface area contributed by atoms with Gasteiger partial charge in [0.15, 0.2) is 0 Å². The Hall–Kier alpha value is -1.35. The maximum absolute atomic E-state index is 12.4. The number of likely N-dealkylation sites (N-methyl/N-ethyl adjacent to an activating group) is 1. The predicted molar refractivity (Wildman–Crippen MR) is 86.3 cm³/mol. The van der Waals surface area contributed by atoms with E-state index in [0.717, 1.165) is 3.57 Å². The Morgan fingerprint density at radius 1 is 1.48 bits per heavy atom. The van der Waals surface area contributed by atoms with Crippen molar-refractivity contribution in [2.75, 3.05) is 25.1 Å². The molecule has 1 aliphatic rings. The van der Waals surface area contributed by atoms with Crippen molar-refractivity contribution in [2.45, 2.75) is 13.0 Å². The van der Waals surface area contributed by atoms with Crippen LogP contribution >= 0.6 is 22.6 Å². The van der Waals surface area contributed by atoms with E-state index >= 15 is 0 Å². The number of hydrogen-bond donors (Lipinski definition) is 2. The number of carboxylic acid groups (broad SMARTS) is 1. The molecular weight excluding hydrogens is 387 g/mol. The smallest absolute Gasteiger partial charge is 0.322 e. The lowest BCUT2D eigenvalue weighted by Crippen LogP contribution is -2.48. The molecule has 7 heteroatoms. The summed E-state index contributed by atoms with van der Waals surface area (Å²) < 4.78 is 6.24. The first-order valence-corrected chi connectivity index (χ1v) is 7.74. The summed E-state index contributed by atoms with van der Waals surface area (Å²) in [6.07, 6.45) is 0. The standard InChI is InChI=1S/C14H17IN2O4/c1-2-17(12-8-21-7-11(12)13(18)19)14(20)16-10-5-3-4-9(15)6-10/h3-6,11-12H,2,7-8H2,1H3,(H,16,20)(H,18,19). The first kappa shape index (κ1) is 16.0. The summed E-state index contributed by atoms with van der Waals surface area (Å²) in [7, 11) is 0. The summed E-state index contributed by atoms with van der Waals surface area (Å²) in [4.78, 5) is 25.1. The molecule has 21 heavy (non-hydrogen) atoms. The van der Waals surface area contributed by atoms with Crippen LogP contribution in [0.1, 0.15) is 6.92 Å². The van der Waals surface area contributed by atoms with Crippen LogP contribution in [-0.2, 0) is 9.53 Å². The Labute approximate surface area is 136 Å². The number of urea groups is 1. The number of carbonyl (C=O) groups is 2. The van der Waals surface area contributed by atoms with Gasteiger partial charge >= 0.3 is 12.0 Å². The predicted octanol–water partition coefficient (Wildman–Crippen LogP) is 2.24. The minimum Gasteiger partial charge on any atom is -0.481 e. The van der Waals surface area contributed by atoms with Gasteiger partial charge in [0.25, 0.3) is 0 Å². The quantitative estimate of drug-likeness (QED) is 0.755. The van der Waals surface area contributed by atoms with Crippen molar-refractivity contribution in [1.82, 2.24) is 4.90 Å². The lowest BCUT2D eigenvalue weighted by atomic mass is 10.0. The number of hydrogen-bond acceptors (Lipinski definition) is 3. The van der Waals surface area contributed by atoms with Gasteiger partial charge in [0.2, 0.25) is 0 Å². The van der Waals surface area contributed by atoms with Crippen LogP contribution in [0.2, 0.25) is 0 Å². The highest BCUT2D eigenvalue weighted by molar-refractivity contribution is 14.1. The van der Waals surface area contributed by atoms with Gasteiger partial charge in [0, 0.05) is 15.8 Å². The molecule has 0 bridgehead atoms. The van der Waals surface area contributed by atoms with Crippen molar-refractivity contribution in [3.63, 3.8) is 0 Å². The maximum Gasteiger partial charge on any atom is 0.322 e. The Balaban J connectivity index is 2.10. The zero-order valence-corrected chi connectivity index (χ0v) is 13.7. The molecule has 1 heterocycles. The zero-order chi connectivity index (χ0) is 15.4. The summed E-state index contributed by atoms with van der Waals surface area (Å²) in [5, 5.41) is 12.0. The number of amides is 2. The van der Waals surface area contributed by atoms with Crippen LogP contribution in [0.5, 0.6) is 0 Å². The fraction of sp³-hybridized carbons (Fsp3) is 0.429. The highest BCUT2D eigenvalue weighted by atomic mass is 127. The topological polar surface area (TPSA) is 78.9 Å². The second-order valence-corrected chi connectivity index (χ2v) is 6.02. The van der Waals surface area contributed by atoms with Crippen molar-refractivity contribution in [3.05, 3.63) is 27.8 Å². The molecular formula is C14H17IN2O4. The Morgan fingerprint density at radius 2 is 2.24 bits per heavy atom. The molecule has 2 amide bonds. The van der Waals surface area contributed by atoms with Gasteiger partial charge in [-0.3, -0.25) is 4.79 Å². The number of carboxylic acids is 1. The molecule has 0 saturated carbocycles. The van der Waals surface area contributed by atoms with E-state index in [-0.39, 0.29) is 19.2 Å². The molecule has 0 spiro atoms. The van der Waals surface area contributed by atoms with Crippen LogP contribution in [0.3, 0.4) is 0 Å². The second-order valence-electron chi connectivity index (χ2n) is 4.78. The number of nitrogens with zero attached hydrogens (tertiary/aromatic N) is 1. The normalized spacial score (nSPS) is 21.0. The summed E-state index contributed by atoms with van der Waals surface area (Å²) in [6.45, 7) is 2.65. The molecule has 0 radical (unpaired) electrons. The maximum atomic E-state index is 12.4. The van der Waals surface area contributed by atoms with Gasteiger partial charge in [0.05, 0.1) is 19.3 Å². The van der Waals surface area contributed by atoms with Gasteiger partial charge in [-0.15, -0.1) is 0 Å². The monoisotopic (exact) mass is 404 g/mol. The van der Waals surface area contributed by atoms with Crippen LogP contribution < -0.4 is 5.32 Å². The molecule has 1 aliphatic heterocycles. The number of halogens is 1. The number of carbonyl (C=O) groups excluding carboxylic acids is 1. The zero-order valence-electron chi connectivity index (χ0n) is 11.6. The van der Waals surface area contributed by atoms with Crippen molar-refractivity contribution in [3.8, 4) is 0 Å². The van der Waals surface area contributed by atoms with Crippen molar-refractivity contribution >= 4 is 40.3 Å². The summed E-state index contributed by atoms with van der Waals surface area (Å²) >= 11 is 2.17. The fourth-order valence-electron chi connectivity index (χ4n) is 2.38. The van der Waals surface area contributed by atoms with Gasteiger partial charge in [-0.1, -0.05) is 6.07 Å². The van der Waals surface area contributed by atoms with Crippen molar-refractivity contribution in [2.24, 2.45) is 5.92 Å². The molecule has 1 fully saturated rings. The third kappa shape index (κ3) is 3.85. The first-order valence-electron chi connectivity index (χ1n) is 6.66. The average Bonchev–Trinajstić information content (AvgIpc) is 2.89. The lowest BCUT2D eigenvalue weighted by Gasteiger charge is -2.29. The van der Waals surface area contributed by atoms with Gasteiger partial charge in [-0.2, -0.15) is 0 Å². The minimum atomic E-state index is -0.932. The van der Waals surface area contributed by atoms with Crippen LogP contribution in [0.15, 0.2) is 24.3 Å². The van der Waals surface area contributed by atoms with Gasteiger partial charge in [-0.05, 0) is 47.7 Å². The van der Waals surface area contributed by atoms with Gasteiger partial charge in [-0.25, -0.2) is 4.79 Å². The van der Waals surface area contributed by atoms with Crippen LogP contribution in [-0.4, -0.2) is 47.8 Å². The third-order valence-corrected chi connectivity index (χ3v) is 4.12. The van der Waals surface area contributed by atoms with Crippen LogP contribution in [0.25, 0.3) is 0 Å². The lowest BCUT2D eigenvalue weighted by molar-refractivity contribution is -0.142. The number of benzene rings is 1. The summed E-state index contributed by atoms with van der Waals surface area (Å²) in [6, 6.07) is 6.70. The van der Waals surface area contributed by atoms with Crippen molar-refractivity contribution < 1.29 is 19.4 Å². The van der Waals surface area contributed by atoms with Gasteiger partial charge in [0.1, 0.15) is 5.92 Å². The van der Waals surface area contributed by atoms with E-state index in [2.05, 4.69) is 27.9 Å². The molecule has 0 aliphatic carbocycles. The highest BCUT2D eigenvalue weighted by Gasteiger charge is 2.39. The number of ether oxygens (including phenoxy) is 1. The molecule has 0 aromatic heterocycles. The van der Waals surface area contributed by atoms with E-state index in [1.807, 2.05) is 25.1 Å². The third-order valence-electron chi connectivity index (χ3n) is 3.45. The van der Waals surface area contributed by atoms with E-state index in [4.69, 9.17) is 4.74 Å². The van der Waals surface area contributed by atoms with Crippen LogP contribution in [0.4, 0.5) is 10.5 Å². The number of aliphatic carboxylic acids is 1. The van der Waals surface area contributed by atoms with E-state index < -0.39 is 17.9 Å². The molecule has 1 saturated heterocycles. The van der Waals surface area contributed by atoms with Crippen molar-refractivity contribution in [1.29, 1.82) is 0 Å². The average molecular weight is 404 g/mol. The minimum absolute atomic E-state index is 0.146. The molecule has 114 valence electrons. The Kier molecular flexibility index (Phi) is 5.40. The fourth-order valence-corrected chi connectivity index (χ4v) is 2.92. The van der Waals surface area contributed by atoms with E-state index in [1.54, 1.807) is 6.07 Å². The summed E-state index contributed by atoms with van der Waals surface area (Å²) in [5.74, 6) is -1.61. The highest BCUT2D eigenvalue weighted by Crippen LogP contribution is 2.21. The molecule has 1 aromatic rings. The Morgan fingerprint density at radius 3 is 2.86 bits per heavy atom. The Bertz CT molecular complexity index is 537. The molecule has 1 aromatic carbocycles. The van der Waals surface area contributed by atoms with E-state index in [9.17, 15) is 14.7 Å². The molecule has 2 atom stereocenters. The van der Waals surface area contributed by atoms with Crippen LogP contribution in [0, 0.1) is 9.49 Å². The van der Waals surface area contributed by atoms with E-state index in [0.29, 0.717) is 12.2 Å². The number of rotatable bonds is 4.